The van der Waals surface area contributed by atoms with E-state index in [0.717, 1.165) is 8.66 Å². The number of hydrogen-bond donors (Lipinski definition) is 0. The molecule has 0 amide bonds. The van der Waals surface area contributed by atoms with E-state index in [4.69, 9.17) is 9.47 Å². The molecule has 0 atom stereocenters. The van der Waals surface area contributed by atoms with Crippen molar-refractivity contribution in [2.45, 2.75) is 19.5 Å². The molecule has 2 rings (SSSR count). The lowest BCUT2D eigenvalue weighted by atomic mass is 10.4. The molecular formula is C7H7BrO2S. The van der Waals surface area contributed by atoms with Crippen LogP contribution in [-0.2, 0) is 9.47 Å². The van der Waals surface area contributed by atoms with Crippen molar-refractivity contribution in [3.8, 4) is 0 Å². The van der Waals surface area contributed by atoms with Gasteiger partial charge in [0, 0.05) is 0 Å². The van der Waals surface area contributed by atoms with Gasteiger partial charge in [0.05, 0.1) is 8.66 Å². The Morgan fingerprint density at radius 3 is 2.64 bits per heavy atom. The third-order valence-corrected chi connectivity index (χ3v) is 3.10. The Balaban J connectivity index is 2.07. The fourth-order valence-corrected chi connectivity index (χ4v) is 2.34. The summed E-state index contributed by atoms with van der Waals surface area (Å²) >= 11 is 5.02. The van der Waals surface area contributed by atoms with E-state index >= 15 is 0 Å². The van der Waals surface area contributed by atoms with Gasteiger partial charge >= 0.3 is 0 Å². The Kier molecular flexibility index (Phi) is 2.01. The van der Waals surface area contributed by atoms with Gasteiger partial charge in [0.2, 0.25) is 0 Å². The van der Waals surface area contributed by atoms with Gasteiger partial charge < -0.3 is 9.47 Å². The first-order chi connectivity index (χ1) is 5.25. The largest absolute Gasteiger partial charge is 0.319 e. The number of hydrogen-bond acceptors (Lipinski definition) is 3. The fourth-order valence-electron chi connectivity index (χ4n) is 0.947. The summed E-state index contributed by atoms with van der Waals surface area (Å²) in [6.45, 7) is 1.89. The molecule has 1 aliphatic rings. The first kappa shape index (κ1) is 7.73. The van der Waals surface area contributed by atoms with E-state index in [1.807, 2.05) is 19.1 Å². The molecule has 0 unspecified atom stereocenters. The third kappa shape index (κ3) is 1.49. The minimum atomic E-state index is -0.124. The lowest BCUT2D eigenvalue weighted by molar-refractivity contribution is -0.381. The Morgan fingerprint density at radius 2 is 2.18 bits per heavy atom. The second-order valence-electron chi connectivity index (χ2n) is 2.31. The molecule has 0 saturated carbocycles. The lowest BCUT2D eigenvalue weighted by Gasteiger charge is -2.32. The number of ether oxygens (including phenoxy) is 2. The topological polar surface area (TPSA) is 18.5 Å². The van der Waals surface area contributed by atoms with Crippen LogP contribution in [-0.4, -0.2) is 6.29 Å². The number of rotatable bonds is 1. The van der Waals surface area contributed by atoms with Gasteiger partial charge in [0.25, 0.3) is 0 Å². The minimum Gasteiger partial charge on any atom is -0.319 e. The SMILES string of the molecule is CC1OC(c2ccc(Br)s2)O1. The summed E-state index contributed by atoms with van der Waals surface area (Å²) in [5, 5.41) is 0. The van der Waals surface area contributed by atoms with Gasteiger partial charge in [-0.2, -0.15) is 0 Å². The van der Waals surface area contributed by atoms with Crippen molar-refractivity contribution < 1.29 is 9.47 Å². The Labute approximate surface area is 77.3 Å². The van der Waals surface area contributed by atoms with Crippen molar-refractivity contribution in [2.75, 3.05) is 0 Å². The van der Waals surface area contributed by atoms with Crippen LogP contribution >= 0.6 is 27.3 Å². The van der Waals surface area contributed by atoms with Gasteiger partial charge in [-0.05, 0) is 35.0 Å². The van der Waals surface area contributed by atoms with Crippen molar-refractivity contribution in [2.24, 2.45) is 0 Å². The van der Waals surface area contributed by atoms with E-state index in [0.29, 0.717) is 0 Å². The van der Waals surface area contributed by atoms with E-state index in [9.17, 15) is 0 Å². The predicted octanol–water partition coefficient (Wildman–Crippen LogP) is 2.90. The van der Waals surface area contributed by atoms with E-state index < -0.39 is 0 Å². The molecule has 1 saturated heterocycles. The second-order valence-corrected chi connectivity index (χ2v) is 4.81. The van der Waals surface area contributed by atoms with Crippen molar-refractivity contribution in [3.05, 3.63) is 20.8 Å². The molecule has 0 spiro atoms. The first-order valence-corrected chi connectivity index (χ1v) is 4.93. The normalized spacial score (nSPS) is 30.0. The van der Waals surface area contributed by atoms with E-state index in [2.05, 4.69) is 15.9 Å². The maximum atomic E-state index is 5.31. The van der Waals surface area contributed by atoms with E-state index in [1.165, 1.54) is 0 Å². The van der Waals surface area contributed by atoms with Crippen LogP contribution in [0.3, 0.4) is 0 Å². The van der Waals surface area contributed by atoms with Crippen molar-refractivity contribution in [3.63, 3.8) is 0 Å². The minimum absolute atomic E-state index is 0.0409. The average molecular weight is 235 g/mol. The summed E-state index contributed by atoms with van der Waals surface area (Å²) in [7, 11) is 0. The molecule has 2 heterocycles. The molecule has 0 radical (unpaired) electrons. The highest BCUT2D eigenvalue weighted by atomic mass is 79.9. The molecule has 0 aliphatic carbocycles. The molecule has 1 fully saturated rings. The highest BCUT2D eigenvalue weighted by Gasteiger charge is 2.29. The highest BCUT2D eigenvalue weighted by Crippen LogP contribution is 2.36. The molecule has 1 aromatic rings. The van der Waals surface area contributed by atoms with Crippen molar-refractivity contribution >= 4 is 27.3 Å². The molecule has 0 bridgehead atoms. The highest BCUT2D eigenvalue weighted by molar-refractivity contribution is 9.11. The summed E-state index contributed by atoms with van der Waals surface area (Å²) in [5.74, 6) is 0. The fraction of sp³-hybridized carbons (Fsp3) is 0.429. The van der Waals surface area contributed by atoms with Gasteiger partial charge in [-0.15, -0.1) is 11.3 Å². The Hall–Kier alpha value is 0.1000. The summed E-state index contributed by atoms with van der Waals surface area (Å²) in [6, 6.07) is 4.00. The molecule has 1 aromatic heterocycles. The predicted molar refractivity (Wildman–Crippen MR) is 46.4 cm³/mol. The van der Waals surface area contributed by atoms with Crippen LogP contribution in [0.25, 0.3) is 0 Å². The quantitative estimate of drug-likeness (QED) is 0.745. The van der Waals surface area contributed by atoms with Crippen LogP contribution in [0.5, 0.6) is 0 Å². The molecule has 4 heteroatoms. The van der Waals surface area contributed by atoms with Crippen LogP contribution in [0.2, 0.25) is 0 Å². The molecule has 1 aliphatic heterocycles. The Morgan fingerprint density at radius 1 is 1.45 bits per heavy atom. The van der Waals surface area contributed by atoms with Crippen LogP contribution in [0.4, 0.5) is 0 Å². The van der Waals surface area contributed by atoms with E-state index in [1.54, 1.807) is 11.3 Å². The average Bonchev–Trinajstić information content (AvgIpc) is 2.29. The lowest BCUT2D eigenvalue weighted by Crippen LogP contribution is -2.30. The van der Waals surface area contributed by atoms with Gasteiger partial charge in [-0.3, -0.25) is 0 Å². The maximum Gasteiger partial charge on any atom is 0.198 e. The number of halogens is 1. The van der Waals surface area contributed by atoms with Crippen molar-refractivity contribution in [1.82, 2.24) is 0 Å². The van der Waals surface area contributed by atoms with Gasteiger partial charge in [-0.1, -0.05) is 0 Å². The smallest absolute Gasteiger partial charge is 0.198 e. The molecule has 2 nitrogen and oxygen atoms in total. The standard InChI is InChI=1S/C7H7BrO2S/c1-4-9-7(10-4)5-2-3-6(8)11-5/h2-4,7H,1H3. The zero-order valence-electron chi connectivity index (χ0n) is 5.91. The number of thiophene rings is 1. The van der Waals surface area contributed by atoms with Crippen LogP contribution in [0, 0.1) is 0 Å². The summed E-state index contributed by atoms with van der Waals surface area (Å²) in [4.78, 5) is 1.12. The molecule has 11 heavy (non-hydrogen) atoms. The van der Waals surface area contributed by atoms with Crippen LogP contribution in [0.15, 0.2) is 15.9 Å². The van der Waals surface area contributed by atoms with Gasteiger partial charge in [-0.25, -0.2) is 0 Å². The first-order valence-electron chi connectivity index (χ1n) is 3.32. The summed E-state index contributed by atoms with van der Waals surface area (Å²) < 4.78 is 11.7. The second kappa shape index (κ2) is 2.86. The molecule has 60 valence electrons. The maximum absolute atomic E-state index is 5.31. The third-order valence-electron chi connectivity index (χ3n) is 1.46. The van der Waals surface area contributed by atoms with Crippen molar-refractivity contribution in [1.29, 1.82) is 0 Å². The zero-order chi connectivity index (χ0) is 7.84. The van der Waals surface area contributed by atoms with Crippen LogP contribution in [0.1, 0.15) is 18.1 Å². The van der Waals surface area contributed by atoms with Gasteiger partial charge in [0.15, 0.2) is 12.6 Å². The molecular weight excluding hydrogens is 228 g/mol. The summed E-state index contributed by atoms with van der Waals surface area (Å²) in [5.41, 5.74) is 0. The monoisotopic (exact) mass is 234 g/mol. The van der Waals surface area contributed by atoms with Crippen LogP contribution < -0.4 is 0 Å². The Bertz CT molecular complexity index is 255. The van der Waals surface area contributed by atoms with Gasteiger partial charge in [0.1, 0.15) is 0 Å². The summed E-state index contributed by atoms with van der Waals surface area (Å²) in [6.07, 6.45) is -0.165. The zero-order valence-corrected chi connectivity index (χ0v) is 8.31. The van der Waals surface area contributed by atoms with E-state index in [-0.39, 0.29) is 12.6 Å². The molecule has 0 aromatic carbocycles. The molecule has 0 N–H and O–H groups in total.